The first-order valence-electron chi connectivity index (χ1n) is 5.64. The van der Waals surface area contributed by atoms with Gasteiger partial charge in [-0.1, -0.05) is 11.8 Å². The maximum Gasteiger partial charge on any atom is 0.335 e. The molecule has 1 heterocycles. The minimum absolute atomic E-state index is 0.124. The Hall–Kier alpha value is -2.62. The molecule has 1 aromatic rings. The predicted molar refractivity (Wildman–Crippen MR) is 73.5 cm³/mol. The second-order valence-corrected chi connectivity index (χ2v) is 5.07. The molecule has 9 nitrogen and oxygen atoms in total. The molecule has 0 saturated carbocycles. The topological polar surface area (TPSA) is 139 Å². The Labute approximate surface area is 121 Å². The van der Waals surface area contributed by atoms with E-state index in [1.807, 2.05) is 0 Å². The van der Waals surface area contributed by atoms with Crippen LogP contribution in [0.3, 0.4) is 0 Å². The van der Waals surface area contributed by atoms with Gasteiger partial charge in [-0.05, 0) is 12.1 Å². The highest BCUT2D eigenvalue weighted by atomic mass is 32.2. The predicted octanol–water partition coefficient (Wildman–Crippen LogP) is 1.06. The van der Waals surface area contributed by atoms with Crippen molar-refractivity contribution < 1.29 is 24.4 Å². The molecule has 1 aliphatic heterocycles. The van der Waals surface area contributed by atoms with Gasteiger partial charge in [0, 0.05) is 11.8 Å². The summed E-state index contributed by atoms with van der Waals surface area (Å²) in [5.41, 5.74) is -0.911. The van der Waals surface area contributed by atoms with Crippen molar-refractivity contribution in [2.45, 2.75) is 6.04 Å². The number of carboxylic acids is 1. The lowest BCUT2D eigenvalue weighted by Crippen LogP contribution is -2.38. The second-order valence-electron chi connectivity index (χ2n) is 4.08. The van der Waals surface area contributed by atoms with Gasteiger partial charge < -0.3 is 15.7 Å². The molecule has 2 amide bonds. The number of amides is 2. The van der Waals surface area contributed by atoms with Crippen molar-refractivity contribution in [3.8, 4) is 0 Å². The molecule has 1 saturated heterocycles. The SMILES string of the molecule is O=C1NC(C(=O)Nc2ccc(C(=O)O)cc2[N+](=O)[O-])CS1. The summed E-state index contributed by atoms with van der Waals surface area (Å²) in [5.74, 6) is -1.68. The van der Waals surface area contributed by atoms with E-state index < -0.39 is 28.5 Å². The molecule has 1 atom stereocenters. The van der Waals surface area contributed by atoms with E-state index in [1.165, 1.54) is 0 Å². The number of thioether (sulfide) groups is 1. The third kappa shape index (κ3) is 3.28. The Morgan fingerprint density at radius 1 is 1.48 bits per heavy atom. The molecule has 1 aliphatic rings. The third-order valence-corrected chi connectivity index (χ3v) is 3.57. The van der Waals surface area contributed by atoms with E-state index in [2.05, 4.69) is 10.6 Å². The summed E-state index contributed by atoms with van der Waals surface area (Å²) in [6.07, 6.45) is 0. The number of carbonyl (C=O) groups excluding carboxylic acids is 2. The number of rotatable bonds is 4. The molecule has 0 radical (unpaired) electrons. The molecule has 0 bridgehead atoms. The van der Waals surface area contributed by atoms with Crippen LogP contribution in [0.5, 0.6) is 0 Å². The van der Waals surface area contributed by atoms with Crippen molar-refractivity contribution in [2.24, 2.45) is 0 Å². The van der Waals surface area contributed by atoms with Crippen molar-refractivity contribution >= 4 is 40.3 Å². The Kier molecular flexibility index (Phi) is 4.08. The molecule has 1 fully saturated rings. The Balaban J connectivity index is 2.23. The summed E-state index contributed by atoms with van der Waals surface area (Å²) in [6.45, 7) is 0. The van der Waals surface area contributed by atoms with E-state index in [0.717, 1.165) is 30.0 Å². The van der Waals surface area contributed by atoms with E-state index in [1.54, 1.807) is 0 Å². The van der Waals surface area contributed by atoms with Gasteiger partial charge in [0.05, 0.1) is 10.5 Å². The lowest BCUT2D eigenvalue weighted by molar-refractivity contribution is -0.384. The average Bonchev–Trinajstić information content (AvgIpc) is 2.85. The lowest BCUT2D eigenvalue weighted by atomic mass is 10.1. The van der Waals surface area contributed by atoms with Crippen LogP contribution < -0.4 is 10.6 Å². The number of hydrogen-bond donors (Lipinski definition) is 3. The highest BCUT2D eigenvalue weighted by Gasteiger charge is 2.29. The monoisotopic (exact) mass is 311 g/mol. The first kappa shape index (κ1) is 14.8. The Bertz CT molecular complexity index is 647. The highest BCUT2D eigenvalue weighted by Crippen LogP contribution is 2.26. The standard InChI is InChI=1S/C11H9N3O6S/c15-9(7-4-21-11(18)13-7)12-6-2-1-5(10(16)17)3-8(6)14(19)20/h1-3,7H,4H2,(H,12,15)(H,13,18)(H,16,17). The van der Waals surface area contributed by atoms with Crippen molar-refractivity contribution in [2.75, 3.05) is 11.1 Å². The van der Waals surface area contributed by atoms with Gasteiger partial charge in [0.1, 0.15) is 11.7 Å². The Morgan fingerprint density at radius 3 is 2.71 bits per heavy atom. The molecule has 1 aromatic carbocycles. The highest BCUT2D eigenvalue weighted by molar-refractivity contribution is 8.14. The number of nitrogens with one attached hydrogen (secondary N) is 2. The van der Waals surface area contributed by atoms with Gasteiger partial charge in [0.15, 0.2) is 0 Å². The average molecular weight is 311 g/mol. The van der Waals surface area contributed by atoms with Crippen LogP contribution in [0.15, 0.2) is 18.2 Å². The number of aromatic carboxylic acids is 1. The number of carboxylic acid groups (broad SMARTS) is 1. The van der Waals surface area contributed by atoms with Gasteiger partial charge in [-0.3, -0.25) is 19.7 Å². The van der Waals surface area contributed by atoms with E-state index in [4.69, 9.17) is 5.11 Å². The molecule has 2 rings (SSSR count). The zero-order chi connectivity index (χ0) is 15.6. The number of anilines is 1. The number of hydrogen-bond acceptors (Lipinski definition) is 6. The van der Waals surface area contributed by atoms with E-state index in [-0.39, 0.29) is 22.2 Å². The molecule has 0 spiro atoms. The maximum absolute atomic E-state index is 11.9. The van der Waals surface area contributed by atoms with Crippen LogP contribution >= 0.6 is 11.8 Å². The van der Waals surface area contributed by atoms with Crippen molar-refractivity contribution in [1.29, 1.82) is 0 Å². The summed E-state index contributed by atoms with van der Waals surface area (Å²) >= 11 is 0.939. The lowest BCUT2D eigenvalue weighted by Gasteiger charge is -2.10. The van der Waals surface area contributed by atoms with E-state index >= 15 is 0 Å². The smallest absolute Gasteiger partial charge is 0.335 e. The number of nitro benzene ring substituents is 1. The summed E-state index contributed by atoms with van der Waals surface area (Å²) < 4.78 is 0. The summed E-state index contributed by atoms with van der Waals surface area (Å²) in [7, 11) is 0. The third-order valence-electron chi connectivity index (χ3n) is 2.69. The molecule has 0 aliphatic carbocycles. The van der Waals surface area contributed by atoms with E-state index in [0.29, 0.717) is 0 Å². The molecule has 10 heteroatoms. The fourth-order valence-electron chi connectivity index (χ4n) is 1.67. The van der Waals surface area contributed by atoms with Gasteiger partial charge in [0.2, 0.25) is 5.91 Å². The maximum atomic E-state index is 11.9. The normalized spacial score (nSPS) is 17.1. The van der Waals surface area contributed by atoms with Crippen LogP contribution in [-0.2, 0) is 4.79 Å². The van der Waals surface area contributed by atoms with E-state index in [9.17, 15) is 24.5 Å². The van der Waals surface area contributed by atoms with Crippen LogP contribution in [-0.4, -0.2) is 38.9 Å². The number of benzene rings is 1. The van der Waals surface area contributed by atoms with Gasteiger partial charge >= 0.3 is 5.97 Å². The van der Waals surface area contributed by atoms with Crippen molar-refractivity contribution in [1.82, 2.24) is 5.32 Å². The van der Waals surface area contributed by atoms with Crippen LogP contribution in [0.2, 0.25) is 0 Å². The molecule has 110 valence electrons. The van der Waals surface area contributed by atoms with Crippen LogP contribution in [0.1, 0.15) is 10.4 Å². The van der Waals surface area contributed by atoms with Crippen molar-refractivity contribution in [3.63, 3.8) is 0 Å². The second kappa shape index (κ2) is 5.79. The number of carbonyl (C=O) groups is 3. The first-order chi connectivity index (χ1) is 9.88. The fourth-order valence-corrected chi connectivity index (χ4v) is 2.45. The molecule has 0 aromatic heterocycles. The van der Waals surface area contributed by atoms with Gasteiger partial charge in [0.25, 0.3) is 10.9 Å². The Morgan fingerprint density at radius 2 is 2.19 bits per heavy atom. The van der Waals surface area contributed by atoms with Crippen molar-refractivity contribution in [3.05, 3.63) is 33.9 Å². The quantitative estimate of drug-likeness (QED) is 0.558. The minimum atomic E-state index is -1.31. The van der Waals surface area contributed by atoms with Gasteiger partial charge in [-0.25, -0.2) is 4.79 Å². The molecule has 1 unspecified atom stereocenters. The van der Waals surface area contributed by atoms with Gasteiger partial charge in [-0.15, -0.1) is 0 Å². The van der Waals surface area contributed by atoms with Crippen LogP contribution in [0, 0.1) is 10.1 Å². The molecule has 21 heavy (non-hydrogen) atoms. The first-order valence-corrected chi connectivity index (χ1v) is 6.63. The molecular formula is C11H9N3O6S. The number of nitro groups is 1. The number of nitrogens with zero attached hydrogens (tertiary/aromatic N) is 1. The summed E-state index contributed by atoms with van der Waals surface area (Å²) in [4.78, 5) is 43.8. The van der Waals surface area contributed by atoms with Gasteiger partial charge in [-0.2, -0.15) is 0 Å². The summed E-state index contributed by atoms with van der Waals surface area (Å²) in [6, 6.07) is 2.37. The summed E-state index contributed by atoms with van der Waals surface area (Å²) in [5, 5.41) is 24.1. The largest absolute Gasteiger partial charge is 0.478 e. The zero-order valence-electron chi connectivity index (χ0n) is 10.4. The zero-order valence-corrected chi connectivity index (χ0v) is 11.2. The minimum Gasteiger partial charge on any atom is -0.478 e. The molecule has 3 N–H and O–H groups in total. The fraction of sp³-hybridized carbons (Fsp3) is 0.182. The van der Waals surface area contributed by atoms with Crippen LogP contribution in [0.25, 0.3) is 0 Å². The molecular weight excluding hydrogens is 302 g/mol. The van der Waals surface area contributed by atoms with Crippen LogP contribution in [0.4, 0.5) is 16.2 Å².